The molecule has 0 radical (unpaired) electrons. The van der Waals surface area contributed by atoms with Crippen molar-refractivity contribution in [2.45, 2.75) is 25.4 Å². The van der Waals surface area contributed by atoms with Crippen LogP contribution in [0.2, 0.25) is 0 Å². The molecular weight excluding hydrogens is 364 g/mol. The first-order chi connectivity index (χ1) is 13.1. The highest BCUT2D eigenvalue weighted by Gasteiger charge is 2.34. The van der Waals surface area contributed by atoms with Gasteiger partial charge in [-0.1, -0.05) is 24.3 Å². The predicted octanol–water partition coefficient (Wildman–Crippen LogP) is 2.18. The maximum Gasteiger partial charge on any atom is 0.326 e. The van der Waals surface area contributed by atoms with E-state index in [0.717, 1.165) is 11.1 Å². The minimum Gasteiger partial charge on any atom is -0.480 e. The Hall–Kier alpha value is -3.13. The Bertz CT molecular complexity index is 989. The van der Waals surface area contributed by atoms with Crippen LogP contribution in [0.25, 0.3) is 10.7 Å². The minimum absolute atomic E-state index is 0.0582. The fourth-order valence-electron chi connectivity index (χ4n) is 3.18. The van der Waals surface area contributed by atoms with Gasteiger partial charge in [-0.15, -0.1) is 11.3 Å². The molecule has 136 valence electrons. The van der Waals surface area contributed by atoms with E-state index >= 15 is 0 Å². The van der Waals surface area contributed by atoms with Gasteiger partial charge in [0.15, 0.2) is 0 Å². The second-order valence-electron chi connectivity index (χ2n) is 6.26. The molecule has 0 saturated heterocycles. The van der Waals surface area contributed by atoms with E-state index in [1.165, 1.54) is 16.2 Å². The molecule has 2 aromatic heterocycles. The highest BCUT2D eigenvalue weighted by Crippen LogP contribution is 2.25. The van der Waals surface area contributed by atoms with Crippen LogP contribution < -0.4 is 0 Å². The van der Waals surface area contributed by atoms with Crippen molar-refractivity contribution < 1.29 is 14.7 Å². The number of hydrogen-bond acceptors (Lipinski definition) is 6. The summed E-state index contributed by atoms with van der Waals surface area (Å²) in [5, 5.41) is 12.1. The fourth-order valence-corrected chi connectivity index (χ4v) is 3.96. The fraction of sp³-hybridized carbons (Fsp3) is 0.211. The zero-order chi connectivity index (χ0) is 18.8. The van der Waals surface area contributed by atoms with Gasteiger partial charge in [0.2, 0.25) is 5.91 Å². The van der Waals surface area contributed by atoms with Gasteiger partial charge in [-0.05, 0) is 11.1 Å². The minimum atomic E-state index is -0.989. The van der Waals surface area contributed by atoms with Gasteiger partial charge in [-0.25, -0.2) is 9.78 Å². The van der Waals surface area contributed by atoms with Crippen LogP contribution in [0.3, 0.4) is 0 Å². The summed E-state index contributed by atoms with van der Waals surface area (Å²) < 4.78 is 0. The molecule has 4 rings (SSSR count). The number of hydrogen-bond donors (Lipinski definition) is 1. The molecule has 1 aliphatic heterocycles. The number of benzene rings is 1. The molecule has 27 heavy (non-hydrogen) atoms. The smallest absolute Gasteiger partial charge is 0.326 e. The van der Waals surface area contributed by atoms with E-state index in [2.05, 4.69) is 15.0 Å². The maximum absolute atomic E-state index is 12.8. The number of carbonyl (C=O) groups is 2. The lowest BCUT2D eigenvalue weighted by Crippen LogP contribution is -2.49. The van der Waals surface area contributed by atoms with E-state index in [1.807, 2.05) is 24.3 Å². The normalized spacial score (nSPS) is 16.0. The molecular formula is C19H16N4O3S. The van der Waals surface area contributed by atoms with Gasteiger partial charge in [0.05, 0.1) is 18.3 Å². The third kappa shape index (κ3) is 3.56. The zero-order valence-corrected chi connectivity index (χ0v) is 15.1. The topological polar surface area (TPSA) is 96.3 Å². The van der Waals surface area contributed by atoms with Crippen LogP contribution in [0.4, 0.5) is 0 Å². The van der Waals surface area contributed by atoms with Gasteiger partial charge in [0.1, 0.15) is 16.7 Å². The maximum atomic E-state index is 12.8. The van der Waals surface area contributed by atoms with Gasteiger partial charge in [0, 0.05) is 30.7 Å². The van der Waals surface area contributed by atoms with Crippen molar-refractivity contribution >= 4 is 23.2 Å². The largest absolute Gasteiger partial charge is 0.480 e. The van der Waals surface area contributed by atoms with Crippen molar-refractivity contribution in [1.29, 1.82) is 0 Å². The summed E-state index contributed by atoms with van der Waals surface area (Å²) in [5.41, 5.74) is 3.22. The van der Waals surface area contributed by atoms with Crippen LogP contribution in [-0.4, -0.2) is 42.9 Å². The Balaban J connectivity index is 1.54. The zero-order valence-electron chi connectivity index (χ0n) is 14.3. The molecule has 1 N–H and O–H groups in total. The monoisotopic (exact) mass is 380 g/mol. The van der Waals surface area contributed by atoms with E-state index in [4.69, 9.17) is 0 Å². The molecule has 1 aliphatic rings. The van der Waals surface area contributed by atoms with Crippen LogP contribution in [0, 0.1) is 0 Å². The van der Waals surface area contributed by atoms with Crippen LogP contribution in [-0.2, 0) is 29.0 Å². The first-order valence-electron chi connectivity index (χ1n) is 8.41. The molecule has 3 heterocycles. The number of amides is 1. The summed E-state index contributed by atoms with van der Waals surface area (Å²) in [4.78, 5) is 38.6. The number of carbonyl (C=O) groups excluding carboxylic acids is 1. The summed E-state index contributed by atoms with van der Waals surface area (Å²) in [6, 6.07) is 6.78. The third-order valence-corrected chi connectivity index (χ3v) is 5.43. The van der Waals surface area contributed by atoms with Crippen LogP contribution in [0.1, 0.15) is 16.8 Å². The molecule has 1 atom stereocenters. The first-order valence-corrected chi connectivity index (χ1v) is 9.29. The number of rotatable bonds is 4. The molecule has 1 amide bonds. The second-order valence-corrected chi connectivity index (χ2v) is 7.12. The molecule has 3 aromatic rings. The van der Waals surface area contributed by atoms with Gasteiger partial charge in [0.25, 0.3) is 0 Å². The van der Waals surface area contributed by atoms with E-state index in [9.17, 15) is 14.7 Å². The molecule has 0 bridgehead atoms. The summed E-state index contributed by atoms with van der Waals surface area (Å²) >= 11 is 1.39. The van der Waals surface area contributed by atoms with Crippen LogP contribution in [0.15, 0.2) is 48.2 Å². The van der Waals surface area contributed by atoms with Crippen LogP contribution >= 0.6 is 11.3 Å². The van der Waals surface area contributed by atoms with Crippen LogP contribution in [0.5, 0.6) is 0 Å². The van der Waals surface area contributed by atoms with Crippen molar-refractivity contribution in [2.24, 2.45) is 0 Å². The molecule has 0 spiro atoms. The number of aromatic nitrogens is 3. The number of carboxylic acid groups (broad SMARTS) is 1. The average Bonchev–Trinajstić information content (AvgIpc) is 3.16. The van der Waals surface area contributed by atoms with Crippen molar-refractivity contribution in [3.05, 3.63) is 65.1 Å². The van der Waals surface area contributed by atoms with E-state index in [0.29, 0.717) is 29.4 Å². The summed E-state index contributed by atoms with van der Waals surface area (Å²) in [5.74, 6) is -1.23. The van der Waals surface area contributed by atoms with E-state index in [-0.39, 0.29) is 12.3 Å². The number of fused-ring (bicyclic) bond motifs is 1. The van der Waals surface area contributed by atoms with Gasteiger partial charge in [-0.3, -0.25) is 14.8 Å². The Kier molecular flexibility index (Phi) is 4.64. The lowest BCUT2D eigenvalue weighted by Gasteiger charge is -2.34. The third-order valence-electron chi connectivity index (χ3n) is 4.52. The highest BCUT2D eigenvalue weighted by molar-refractivity contribution is 7.13. The van der Waals surface area contributed by atoms with Crippen molar-refractivity contribution in [2.75, 3.05) is 0 Å². The summed E-state index contributed by atoms with van der Waals surface area (Å²) in [7, 11) is 0. The number of carboxylic acids is 1. The second kappa shape index (κ2) is 7.24. The Morgan fingerprint density at radius 1 is 1.22 bits per heavy atom. The molecule has 8 heteroatoms. The standard InChI is InChI=1S/C19H16N4O3S/c24-17(8-14-11-27-18(22-14)15-9-20-5-6-21-15)23-10-13-4-2-1-3-12(13)7-16(23)19(25)26/h1-6,9,11,16H,7-8,10H2,(H,25,26). The van der Waals surface area contributed by atoms with E-state index < -0.39 is 12.0 Å². The van der Waals surface area contributed by atoms with Gasteiger partial charge in [-0.2, -0.15) is 0 Å². The summed E-state index contributed by atoms with van der Waals surface area (Å²) in [6.45, 7) is 0.299. The Labute approximate surface area is 159 Å². The lowest BCUT2D eigenvalue weighted by molar-refractivity contribution is -0.151. The number of thiazole rings is 1. The lowest BCUT2D eigenvalue weighted by atomic mass is 9.93. The number of aliphatic carboxylic acids is 1. The van der Waals surface area contributed by atoms with E-state index in [1.54, 1.807) is 24.0 Å². The first kappa shape index (κ1) is 17.3. The Morgan fingerprint density at radius 3 is 2.78 bits per heavy atom. The quantitative estimate of drug-likeness (QED) is 0.745. The SMILES string of the molecule is O=C(O)C1Cc2ccccc2CN1C(=O)Cc1csc(-c2cnccn2)n1. The molecule has 1 aromatic carbocycles. The molecule has 7 nitrogen and oxygen atoms in total. The molecule has 0 saturated carbocycles. The van der Waals surface area contributed by atoms with Crippen molar-refractivity contribution in [3.8, 4) is 10.7 Å². The summed E-state index contributed by atoms with van der Waals surface area (Å²) in [6.07, 6.45) is 5.17. The highest BCUT2D eigenvalue weighted by atomic mass is 32.1. The molecule has 0 aliphatic carbocycles. The molecule has 0 fully saturated rings. The average molecular weight is 380 g/mol. The molecule has 1 unspecified atom stereocenters. The van der Waals surface area contributed by atoms with Crippen molar-refractivity contribution in [1.82, 2.24) is 19.9 Å². The number of nitrogens with zero attached hydrogens (tertiary/aromatic N) is 4. The Morgan fingerprint density at radius 2 is 2.04 bits per heavy atom. The van der Waals surface area contributed by atoms with Gasteiger partial charge >= 0.3 is 5.97 Å². The van der Waals surface area contributed by atoms with Crippen molar-refractivity contribution in [3.63, 3.8) is 0 Å². The van der Waals surface area contributed by atoms with Gasteiger partial charge < -0.3 is 10.0 Å². The predicted molar refractivity (Wildman–Crippen MR) is 99.0 cm³/mol.